The summed E-state index contributed by atoms with van der Waals surface area (Å²) in [6.07, 6.45) is 3.89. The van der Waals surface area contributed by atoms with E-state index in [4.69, 9.17) is 11.5 Å². The van der Waals surface area contributed by atoms with Gasteiger partial charge in [-0.25, -0.2) is 0 Å². The third kappa shape index (κ3) is 4.73. The van der Waals surface area contributed by atoms with Crippen LogP contribution in [-0.2, 0) is 0 Å². The van der Waals surface area contributed by atoms with Crippen molar-refractivity contribution in [3.63, 3.8) is 0 Å². The average Bonchev–Trinajstić information content (AvgIpc) is 2.42. The molecule has 3 nitrogen and oxygen atoms in total. The molecular weight excluding hydrogens is 258 g/mol. The van der Waals surface area contributed by atoms with Crippen LogP contribution in [0.25, 0.3) is 12.2 Å². The van der Waals surface area contributed by atoms with Gasteiger partial charge in [-0.2, -0.15) is 0 Å². The van der Waals surface area contributed by atoms with E-state index in [1.54, 1.807) is 0 Å². The summed E-state index contributed by atoms with van der Waals surface area (Å²) in [6, 6.07) is 16.3. The van der Waals surface area contributed by atoms with Gasteiger partial charge in [0.2, 0.25) is 0 Å². The lowest BCUT2D eigenvalue weighted by atomic mass is 10.1. The predicted octanol–water partition coefficient (Wildman–Crippen LogP) is 4.07. The Morgan fingerprint density at radius 1 is 0.714 bits per heavy atom. The molecule has 21 heavy (non-hydrogen) atoms. The first-order valence-electron chi connectivity index (χ1n) is 6.87. The minimum atomic E-state index is 0.801. The van der Waals surface area contributed by atoms with E-state index in [1.165, 1.54) is 0 Å². The van der Waals surface area contributed by atoms with Crippen LogP contribution in [0.4, 0.5) is 11.4 Å². The van der Waals surface area contributed by atoms with Gasteiger partial charge in [-0.15, -0.1) is 0 Å². The Labute approximate surface area is 126 Å². The van der Waals surface area contributed by atoms with Gasteiger partial charge >= 0.3 is 0 Å². The molecule has 0 saturated carbocycles. The molecule has 0 aliphatic rings. The third-order valence-electron chi connectivity index (χ3n) is 2.90. The van der Waals surface area contributed by atoms with E-state index in [0.717, 1.165) is 33.9 Å². The van der Waals surface area contributed by atoms with E-state index in [0.29, 0.717) is 0 Å². The van der Waals surface area contributed by atoms with E-state index in [-0.39, 0.29) is 0 Å². The van der Waals surface area contributed by atoms with Gasteiger partial charge in [0.15, 0.2) is 0 Å². The van der Waals surface area contributed by atoms with Crippen molar-refractivity contribution in [3.05, 3.63) is 71.1 Å². The van der Waals surface area contributed by atoms with Gasteiger partial charge < -0.3 is 16.8 Å². The summed E-state index contributed by atoms with van der Waals surface area (Å²) in [4.78, 5) is 0. The highest BCUT2D eigenvalue weighted by Crippen LogP contribution is 2.19. The van der Waals surface area contributed by atoms with E-state index < -0.39 is 0 Å². The summed E-state index contributed by atoms with van der Waals surface area (Å²) >= 11 is 0. The van der Waals surface area contributed by atoms with Gasteiger partial charge in [0.25, 0.3) is 0 Å². The van der Waals surface area contributed by atoms with Gasteiger partial charge in [0.1, 0.15) is 0 Å². The summed E-state index contributed by atoms with van der Waals surface area (Å²) in [5.74, 6) is 0. The molecule has 0 saturated heterocycles. The number of rotatable bonds is 4. The maximum Gasteiger partial charge on any atom is 0.0384 e. The van der Waals surface area contributed by atoms with Crippen LogP contribution in [0.5, 0.6) is 0 Å². The van der Waals surface area contributed by atoms with E-state index in [1.807, 2.05) is 74.5 Å². The molecule has 0 aromatic heterocycles. The normalized spacial score (nSPS) is 12.3. The Balaban J connectivity index is 2.08. The van der Waals surface area contributed by atoms with Crippen LogP contribution in [0.2, 0.25) is 0 Å². The van der Waals surface area contributed by atoms with Gasteiger partial charge in [0, 0.05) is 22.8 Å². The number of nitrogens with one attached hydrogen (secondary N) is 1. The van der Waals surface area contributed by atoms with Crippen molar-refractivity contribution in [2.75, 3.05) is 5.32 Å². The van der Waals surface area contributed by atoms with Gasteiger partial charge in [-0.05, 0) is 61.4 Å². The fraction of sp³-hybridized carbons (Fsp3) is 0.111. The van der Waals surface area contributed by atoms with Crippen LogP contribution in [0, 0.1) is 0 Å². The molecule has 0 unspecified atom stereocenters. The molecule has 0 amide bonds. The molecule has 0 heterocycles. The van der Waals surface area contributed by atoms with Crippen LogP contribution < -0.4 is 16.8 Å². The highest BCUT2D eigenvalue weighted by Gasteiger charge is 1.96. The van der Waals surface area contributed by atoms with Crippen molar-refractivity contribution in [2.24, 2.45) is 11.5 Å². The van der Waals surface area contributed by atoms with Crippen molar-refractivity contribution in [1.29, 1.82) is 0 Å². The Morgan fingerprint density at radius 3 is 1.33 bits per heavy atom. The Kier molecular flexibility index (Phi) is 4.67. The lowest BCUT2D eigenvalue weighted by molar-refractivity contribution is 1.34. The van der Waals surface area contributed by atoms with E-state index >= 15 is 0 Å². The molecule has 2 aromatic carbocycles. The molecular formula is C18H21N3. The number of nitrogens with two attached hydrogens (primary N) is 2. The number of allylic oxidation sites excluding steroid dienone is 2. The zero-order valence-electron chi connectivity index (χ0n) is 12.4. The van der Waals surface area contributed by atoms with Crippen LogP contribution in [0.1, 0.15) is 25.0 Å². The number of anilines is 2. The molecule has 108 valence electrons. The predicted molar refractivity (Wildman–Crippen MR) is 91.8 cm³/mol. The molecule has 3 heteroatoms. The van der Waals surface area contributed by atoms with Crippen molar-refractivity contribution < 1.29 is 0 Å². The molecule has 0 aliphatic carbocycles. The Hall–Kier alpha value is -2.68. The number of hydrogen-bond acceptors (Lipinski definition) is 3. The van der Waals surface area contributed by atoms with Crippen molar-refractivity contribution in [2.45, 2.75) is 13.8 Å². The highest BCUT2D eigenvalue weighted by atomic mass is 14.9. The number of hydrogen-bond donors (Lipinski definition) is 3. The lowest BCUT2D eigenvalue weighted by Gasteiger charge is -2.07. The minimum Gasteiger partial charge on any atom is -0.402 e. The van der Waals surface area contributed by atoms with Crippen molar-refractivity contribution >= 4 is 23.5 Å². The summed E-state index contributed by atoms with van der Waals surface area (Å²) in [6.45, 7) is 3.76. The molecule has 0 radical (unpaired) electrons. The summed E-state index contributed by atoms with van der Waals surface area (Å²) in [7, 11) is 0. The monoisotopic (exact) mass is 279 g/mol. The molecule has 2 rings (SSSR count). The summed E-state index contributed by atoms with van der Waals surface area (Å²) in [5.41, 5.74) is 17.2. The quantitative estimate of drug-likeness (QED) is 0.790. The van der Waals surface area contributed by atoms with Crippen molar-refractivity contribution in [1.82, 2.24) is 0 Å². The zero-order chi connectivity index (χ0) is 15.2. The van der Waals surface area contributed by atoms with Crippen LogP contribution in [0.15, 0.2) is 59.9 Å². The van der Waals surface area contributed by atoms with Gasteiger partial charge in [-0.3, -0.25) is 0 Å². The highest BCUT2D eigenvalue weighted by molar-refractivity contribution is 5.64. The van der Waals surface area contributed by atoms with Gasteiger partial charge in [0.05, 0.1) is 0 Å². The van der Waals surface area contributed by atoms with E-state index in [2.05, 4.69) is 5.32 Å². The summed E-state index contributed by atoms with van der Waals surface area (Å²) < 4.78 is 0. The second-order valence-corrected chi connectivity index (χ2v) is 5.15. The SMILES string of the molecule is CC(N)=Cc1ccc(Nc2ccc(C=C(C)N)cc2)cc1. The lowest BCUT2D eigenvalue weighted by Crippen LogP contribution is -1.92. The summed E-state index contributed by atoms with van der Waals surface area (Å²) in [5, 5.41) is 3.36. The average molecular weight is 279 g/mol. The van der Waals surface area contributed by atoms with Crippen molar-refractivity contribution in [3.8, 4) is 0 Å². The molecule has 0 aliphatic heterocycles. The molecule has 0 spiro atoms. The largest absolute Gasteiger partial charge is 0.402 e. The molecule has 2 aromatic rings. The molecule has 0 fully saturated rings. The first-order valence-corrected chi connectivity index (χ1v) is 6.87. The number of benzene rings is 2. The van der Waals surface area contributed by atoms with Gasteiger partial charge in [-0.1, -0.05) is 24.3 Å². The third-order valence-corrected chi connectivity index (χ3v) is 2.90. The second-order valence-electron chi connectivity index (χ2n) is 5.15. The standard InChI is InChI=1S/C18H21N3/c1-13(19)11-15-3-7-17(8-4-15)21-18-9-5-16(6-10-18)12-14(2)20/h3-12,21H,19-20H2,1-2H3. The first-order chi connectivity index (χ1) is 10.0. The zero-order valence-corrected chi connectivity index (χ0v) is 12.4. The Bertz CT molecular complexity index is 582. The maximum absolute atomic E-state index is 5.67. The maximum atomic E-state index is 5.67. The minimum absolute atomic E-state index is 0.801. The first kappa shape index (κ1) is 14.7. The fourth-order valence-corrected chi connectivity index (χ4v) is 2.02. The topological polar surface area (TPSA) is 64.1 Å². The van der Waals surface area contributed by atoms with Crippen LogP contribution >= 0.6 is 0 Å². The fourth-order valence-electron chi connectivity index (χ4n) is 2.02. The van der Waals surface area contributed by atoms with Crippen LogP contribution in [-0.4, -0.2) is 0 Å². The molecule has 5 N–H and O–H groups in total. The molecule has 0 atom stereocenters. The van der Waals surface area contributed by atoms with Crippen LogP contribution in [0.3, 0.4) is 0 Å². The smallest absolute Gasteiger partial charge is 0.0384 e. The molecule has 0 bridgehead atoms. The Morgan fingerprint density at radius 2 is 1.05 bits per heavy atom. The second kappa shape index (κ2) is 6.66. The van der Waals surface area contributed by atoms with E-state index in [9.17, 15) is 0 Å².